The molecule has 1 aromatic rings. The number of nitrogens with zero attached hydrogens (tertiary/aromatic N) is 1. The van der Waals surface area contributed by atoms with Gasteiger partial charge in [-0.15, -0.1) is 0 Å². The molecule has 0 aromatic heterocycles. The van der Waals surface area contributed by atoms with Crippen LogP contribution in [0.4, 0.5) is 0 Å². The van der Waals surface area contributed by atoms with Gasteiger partial charge >= 0.3 is 0 Å². The number of benzene rings is 1. The molecule has 0 unspecified atom stereocenters. The van der Waals surface area contributed by atoms with Crippen LogP contribution in [0, 0.1) is 11.8 Å². The fourth-order valence-corrected chi connectivity index (χ4v) is 3.74. The van der Waals surface area contributed by atoms with Crippen LogP contribution in [0.3, 0.4) is 0 Å². The molecule has 118 valence electrons. The van der Waals surface area contributed by atoms with Crippen LogP contribution in [0.5, 0.6) is 0 Å². The van der Waals surface area contributed by atoms with Crippen molar-refractivity contribution in [2.24, 2.45) is 11.8 Å². The Morgan fingerprint density at radius 3 is 2.10 bits per heavy atom. The Labute approximate surface area is 130 Å². The van der Waals surface area contributed by atoms with Gasteiger partial charge in [-0.2, -0.15) is 0 Å². The lowest BCUT2D eigenvalue weighted by Crippen LogP contribution is -2.39. The van der Waals surface area contributed by atoms with Gasteiger partial charge in [0.2, 0.25) is 0 Å². The maximum absolute atomic E-state index is 3.48. The summed E-state index contributed by atoms with van der Waals surface area (Å²) in [4.78, 5) is 2.63. The van der Waals surface area contributed by atoms with E-state index >= 15 is 0 Å². The van der Waals surface area contributed by atoms with Gasteiger partial charge in [0.1, 0.15) is 0 Å². The van der Waals surface area contributed by atoms with Crippen molar-refractivity contribution >= 4 is 0 Å². The maximum atomic E-state index is 3.48. The van der Waals surface area contributed by atoms with Crippen LogP contribution in [0.1, 0.15) is 45.1 Å². The minimum atomic E-state index is 0.995. The van der Waals surface area contributed by atoms with Crippen molar-refractivity contribution in [3.05, 3.63) is 35.9 Å². The summed E-state index contributed by atoms with van der Waals surface area (Å²) in [7, 11) is 0. The third-order valence-electron chi connectivity index (χ3n) is 4.93. The van der Waals surface area contributed by atoms with Gasteiger partial charge in [0.05, 0.1) is 0 Å². The summed E-state index contributed by atoms with van der Waals surface area (Å²) in [6.07, 6.45) is 5.64. The van der Waals surface area contributed by atoms with E-state index in [0.29, 0.717) is 0 Å². The van der Waals surface area contributed by atoms with Gasteiger partial charge in [0, 0.05) is 6.54 Å². The standard InChI is InChI=1S/C17H26N2.C2H6/c1-2-4-15(5-3-1)14-19-12-8-17(9-13-19)16-6-10-18-11-7-16;1-2/h1-5,16-18H,6-14H2;1-2H3. The highest BCUT2D eigenvalue weighted by Gasteiger charge is 2.27. The average Bonchev–Trinajstić information content (AvgIpc) is 2.59. The van der Waals surface area contributed by atoms with Crippen molar-refractivity contribution in [2.45, 2.75) is 46.1 Å². The number of rotatable bonds is 3. The molecule has 2 heterocycles. The van der Waals surface area contributed by atoms with E-state index in [0.717, 1.165) is 18.4 Å². The van der Waals surface area contributed by atoms with Crippen LogP contribution in [0.15, 0.2) is 30.3 Å². The van der Waals surface area contributed by atoms with E-state index in [1.165, 1.54) is 57.4 Å². The zero-order valence-corrected chi connectivity index (χ0v) is 13.9. The highest BCUT2D eigenvalue weighted by Crippen LogP contribution is 2.31. The Morgan fingerprint density at radius 1 is 0.905 bits per heavy atom. The Morgan fingerprint density at radius 2 is 1.48 bits per heavy atom. The molecule has 0 spiro atoms. The molecule has 2 fully saturated rings. The molecule has 2 aliphatic heterocycles. The Balaban J connectivity index is 0.000000774. The molecule has 1 N–H and O–H groups in total. The molecule has 1 aromatic carbocycles. The SMILES string of the molecule is CC.c1ccc(CN2CCC(C3CCNCC3)CC2)cc1. The summed E-state index contributed by atoms with van der Waals surface area (Å²) in [5.41, 5.74) is 1.46. The summed E-state index contributed by atoms with van der Waals surface area (Å²) in [5.74, 6) is 1.99. The number of hydrogen-bond acceptors (Lipinski definition) is 2. The zero-order chi connectivity index (χ0) is 14.9. The van der Waals surface area contributed by atoms with Crippen LogP contribution in [0.25, 0.3) is 0 Å². The highest BCUT2D eigenvalue weighted by molar-refractivity contribution is 5.14. The Bertz CT molecular complexity index is 362. The molecule has 2 nitrogen and oxygen atoms in total. The van der Waals surface area contributed by atoms with Crippen molar-refractivity contribution in [3.8, 4) is 0 Å². The highest BCUT2D eigenvalue weighted by atomic mass is 15.1. The van der Waals surface area contributed by atoms with Gasteiger partial charge in [-0.25, -0.2) is 0 Å². The van der Waals surface area contributed by atoms with E-state index in [2.05, 4.69) is 40.5 Å². The molecule has 0 aliphatic carbocycles. The van der Waals surface area contributed by atoms with Crippen molar-refractivity contribution in [1.82, 2.24) is 10.2 Å². The Kier molecular flexibility index (Phi) is 7.25. The lowest BCUT2D eigenvalue weighted by molar-refractivity contribution is 0.126. The molecule has 0 amide bonds. The second-order valence-electron chi connectivity index (χ2n) is 6.19. The number of likely N-dealkylation sites (tertiary alicyclic amines) is 1. The maximum Gasteiger partial charge on any atom is 0.0233 e. The quantitative estimate of drug-likeness (QED) is 0.907. The molecule has 2 saturated heterocycles. The van der Waals surface area contributed by atoms with Gasteiger partial charge in [-0.05, 0) is 69.3 Å². The first kappa shape index (κ1) is 16.5. The van der Waals surface area contributed by atoms with Crippen LogP contribution in [0.2, 0.25) is 0 Å². The predicted octanol–water partition coefficient (Wildman–Crippen LogP) is 3.92. The molecule has 0 bridgehead atoms. The molecule has 2 aliphatic rings. The van der Waals surface area contributed by atoms with E-state index in [1.807, 2.05) is 13.8 Å². The van der Waals surface area contributed by atoms with E-state index < -0.39 is 0 Å². The molecule has 0 saturated carbocycles. The van der Waals surface area contributed by atoms with Gasteiger partial charge in [0.25, 0.3) is 0 Å². The summed E-state index contributed by atoms with van der Waals surface area (Å²) in [5, 5.41) is 3.48. The molecule has 0 atom stereocenters. The molecular formula is C19H32N2. The average molecular weight is 288 g/mol. The number of piperidine rings is 2. The van der Waals surface area contributed by atoms with Crippen LogP contribution < -0.4 is 5.32 Å². The lowest BCUT2D eigenvalue weighted by Gasteiger charge is -2.37. The third kappa shape index (κ3) is 5.12. The van der Waals surface area contributed by atoms with Crippen molar-refractivity contribution in [1.29, 1.82) is 0 Å². The number of nitrogens with one attached hydrogen (secondary N) is 1. The van der Waals surface area contributed by atoms with E-state index in [1.54, 1.807) is 0 Å². The van der Waals surface area contributed by atoms with Crippen molar-refractivity contribution < 1.29 is 0 Å². The van der Waals surface area contributed by atoms with Crippen molar-refractivity contribution in [3.63, 3.8) is 0 Å². The molecule has 0 radical (unpaired) electrons. The third-order valence-corrected chi connectivity index (χ3v) is 4.93. The summed E-state index contributed by atoms with van der Waals surface area (Å²) < 4.78 is 0. The van der Waals surface area contributed by atoms with Crippen LogP contribution >= 0.6 is 0 Å². The van der Waals surface area contributed by atoms with E-state index in [4.69, 9.17) is 0 Å². The monoisotopic (exact) mass is 288 g/mol. The molecular weight excluding hydrogens is 256 g/mol. The minimum absolute atomic E-state index is 0.995. The summed E-state index contributed by atoms with van der Waals surface area (Å²) >= 11 is 0. The first-order valence-corrected chi connectivity index (χ1v) is 8.89. The molecule has 3 rings (SSSR count). The zero-order valence-electron chi connectivity index (χ0n) is 13.9. The fraction of sp³-hybridized carbons (Fsp3) is 0.684. The van der Waals surface area contributed by atoms with Gasteiger partial charge < -0.3 is 5.32 Å². The lowest BCUT2D eigenvalue weighted by atomic mass is 9.79. The molecule has 2 heteroatoms. The van der Waals surface area contributed by atoms with Crippen LogP contribution in [-0.4, -0.2) is 31.1 Å². The van der Waals surface area contributed by atoms with E-state index in [-0.39, 0.29) is 0 Å². The van der Waals surface area contributed by atoms with Gasteiger partial charge in [0.15, 0.2) is 0 Å². The normalized spacial score (nSPS) is 21.6. The summed E-state index contributed by atoms with van der Waals surface area (Å²) in [6.45, 7) is 10.2. The number of hydrogen-bond donors (Lipinski definition) is 1. The minimum Gasteiger partial charge on any atom is -0.317 e. The molecule has 21 heavy (non-hydrogen) atoms. The first-order valence-electron chi connectivity index (χ1n) is 8.89. The van der Waals surface area contributed by atoms with Gasteiger partial charge in [-0.3, -0.25) is 4.90 Å². The smallest absolute Gasteiger partial charge is 0.0233 e. The van der Waals surface area contributed by atoms with Crippen LogP contribution in [-0.2, 0) is 6.54 Å². The fourth-order valence-electron chi connectivity index (χ4n) is 3.74. The second-order valence-corrected chi connectivity index (χ2v) is 6.19. The van der Waals surface area contributed by atoms with Crippen molar-refractivity contribution in [2.75, 3.05) is 26.2 Å². The topological polar surface area (TPSA) is 15.3 Å². The first-order chi connectivity index (χ1) is 10.4. The Hall–Kier alpha value is -0.860. The van der Waals surface area contributed by atoms with E-state index in [9.17, 15) is 0 Å². The summed E-state index contributed by atoms with van der Waals surface area (Å²) in [6, 6.07) is 10.9. The predicted molar refractivity (Wildman–Crippen MR) is 91.4 cm³/mol. The second kappa shape index (κ2) is 9.22. The largest absolute Gasteiger partial charge is 0.317 e. The van der Waals surface area contributed by atoms with Gasteiger partial charge in [-0.1, -0.05) is 44.2 Å².